The normalized spacial score (nSPS) is 9.81. The van der Waals surface area contributed by atoms with Crippen LogP contribution in [-0.2, 0) is 13.6 Å². The Morgan fingerprint density at radius 1 is 1.38 bits per heavy atom. The number of amides is 1. The Morgan fingerprint density at radius 3 is 2.76 bits per heavy atom. The maximum Gasteiger partial charge on any atom is 0.254 e. The van der Waals surface area contributed by atoms with Crippen molar-refractivity contribution in [3.63, 3.8) is 0 Å². The van der Waals surface area contributed by atoms with E-state index in [0.717, 1.165) is 11.1 Å². The first-order valence-corrected chi connectivity index (χ1v) is 6.64. The number of carbonyl (C=O) groups excluding carboxylic acids is 1. The van der Waals surface area contributed by atoms with E-state index in [1.807, 2.05) is 24.3 Å². The maximum absolute atomic E-state index is 11.9. The van der Waals surface area contributed by atoms with Gasteiger partial charge in [0, 0.05) is 31.8 Å². The first-order chi connectivity index (χ1) is 10.2. The minimum Gasteiger partial charge on any atom is -0.395 e. The van der Waals surface area contributed by atoms with Crippen LogP contribution >= 0.6 is 0 Å². The number of hydrogen-bond donors (Lipinski definition) is 2. The maximum atomic E-state index is 11.9. The van der Waals surface area contributed by atoms with Crippen LogP contribution < -0.4 is 5.32 Å². The molecule has 1 heterocycles. The summed E-state index contributed by atoms with van der Waals surface area (Å²) in [5.74, 6) is 5.68. The summed E-state index contributed by atoms with van der Waals surface area (Å²) in [4.78, 5) is 11.9. The van der Waals surface area contributed by atoms with Gasteiger partial charge in [-0.2, -0.15) is 5.10 Å². The van der Waals surface area contributed by atoms with Crippen molar-refractivity contribution in [1.29, 1.82) is 0 Å². The number of aliphatic hydroxyl groups is 1. The second kappa shape index (κ2) is 7.27. The standard InChI is InChI=1S/C16H17N3O2/c1-19-12-15(11-18-19)16(21)17-10-14-7-5-13(6-8-14)4-2-3-9-20/h5-8,11-12,20H,3,9-10H2,1H3,(H,17,21). The number of benzene rings is 1. The quantitative estimate of drug-likeness (QED) is 0.825. The lowest BCUT2D eigenvalue weighted by Gasteiger charge is -2.03. The van der Waals surface area contributed by atoms with Gasteiger partial charge in [0.1, 0.15) is 0 Å². The molecule has 2 N–H and O–H groups in total. The molecule has 0 saturated carbocycles. The van der Waals surface area contributed by atoms with E-state index in [4.69, 9.17) is 5.11 Å². The highest BCUT2D eigenvalue weighted by molar-refractivity contribution is 5.93. The molecule has 0 spiro atoms. The lowest BCUT2D eigenvalue weighted by Crippen LogP contribution is -2.22. The molecule has 108 valence electrons. The van der Waals surface area contributed by atoms with Crippen molar-refractivity contribution in [2.75, 3.05) is 6.61 Å². The predicted octanol–water partition coefficient (Wildman–Crippen LogP) is 1.08. The van der Waals surface area contributed by atoms with Crippen LogP contribution in [0.25, 0.3) is 0 Å². The van der Waals surface area contributed by atoms with E-state index in [-0.39, 0.29) is 12.5 Å². The van der Waals surface area contributed by atoms with Gasteiger partial charge in [-0.25, -0.2) is 0 Å². The van der Waals surface area contributed by atoms with Crippen molar-refractivity contribution >= 4 is 5.91 Å². The molecule has 0 aliphatic rings. The Kier molecular flexibility index (Phi) is 5.13. The molecule has 0 radical (unpaired) electrons. The number of aryl methyl sites for hydroxylation is 1. The fourth-order valence-electron chi connectivity index (χ4n) is 1.75. The molecule has 2 aromatic rings. The van der Waals surface area contributed by atoms with Gasteiger partial charge in [0.25, 0.3) is 5.91 Å². The summed E-state index contributed by atoms with van der Waals surface area (Å²) in [5.41, 5.74) is 2.44. The van der Waals surface area contributed by atoms with Gasteiger partial charge in [0.2, 0.25) is 0 Å². The van der Waals surface area contributed by atoms with Gasteiger partial charge < -0.3 is 10.4 Å². The summed E-state index contributed by atoms with van der Waals surface area (Å²) in [5, 5.41) is 15.5. The van der Waals surface area contributed by atoms with Gasteiger partial charge >= 0.3 is 0 Å². The molecule has 0 fully saturated rings. The zero-order chi connectivity index (χ0) is 15.1. The van der Waals surface area contributed by atoms with Gasteiger partial charge in [-0.05, 0) is 17.7 Å². The zero-order valence-electron chi connectivity index (χ0n) is 11.8. The molecular weight excluding hydrogens is 266 g/mol. The number of hydrogen-bond acceptors (Lipinski definition) is 3. The average Bonchev–Trinajstić information content (AvgIpc) is 2.93. The molecule has 5 nitrogen and oxygen atoms in total. The Labute approximate surface area is 123 Å². The van der Waals surface area contributed by atoms with Gasteiger partial charge in [0.05, 0.1) is 18.4 Å². The minimum atomic E-state index is -0.144. The van der Waals surface area contributed by atoms with Crippen molar-refractivity contribution in [2.45, 2.75) is 13.0 Å². The number of rotatable bonds is 4. The van der Waals surface area contributed by atoms with E-state index in [1.165, 1.54) is 6.20 Å². The second-order valence-electron chi connectivity index (χ2n) is 4.56. The first-order valence-electron chi connectivity index (χ1n) is 6.64. The summed E-state index contributed by atoms with van der Waals surface area (Å²) >= 11 is 0. The Morgan fingerprint density at radius 2 is 2.14 bits per heavy atom. The molecule has 0 unspecified atom stereocenters. The third-order valence-corrected chi connectivity index (χ3v) is 2.84. The van der Waals surface area contributed by atoms with Gasteiger partial charge in [-0.1, -0.05) is 24.0 Å². The van der Waals surface area contributed by atoms with Crippen molar-refractivity contribution in [3.8, 4) is 11.8 Å². The predicted molar refractivity (Wildman–Crippen MR) is 79.4 cm³/mol. The molecule has 0 aliphatic heterocycles. The largest absolute Gasteiger partial charge is 0.395 e. The molecule has 0 bridgehead atoms. The fourth-order valence-corrected chi connectivity index (χ4v) is 1.75. The molecule has 0 saturated heterocycles. The number of aromatic nitrogens is 2. The molecule has 5 heteroatoms. The first kappa shape index (κ1) is 14.8. The van der Waals surface area contributed by atoms with E-state index in [0.29, 0.717) is 18.5 Å². The third-order valence-electron chi connectivity index (χ3n) is 2.84. The summed E-state index contributed by atoms with van der Waals surface area (Å²) in [6, 6.07) is 7.64. The average molecular weight is 283 g/mol. The molecular formula is C16H17N3O2. The smallest absolute Gasteiger partial charge is 0.254 e. The van der Waals surface area contributed by atoms with Crippen molar-refractivity contribution in [1.82, 2.24) is 15.1 Å². The SMILES string of the molecule is Cn1cc(C(=O)NCc2ccc(C#CCCO)cc2)cn1. The lowest BCUT2D eigenvalue weighted by molar-refractivity contribution is 0.0951. The summed E-state index contributed by atoms with van der Waals surface area (Å²) in [6.07, 6.45) is 3.69. The second-order valence-corrected chi connectivity index (χ2v) is 4.56. The Bertz CT molecular complexity index is 663. The van der Waals surface area contributed by atoms with Crippen molar-refractivity contribution in [3.05, 3.63) is 53.3 Å². The number of carbonyl (C=O) groups is 1. The molecule has 2 rings (SSSR count). The summed E-state index contributed by atoms with van der Waals surface area (Å²) in [6.45, 7) is 0.531. The zero-order valence-corrected chi connectivity index (χ0v) is 11.8. The third kappa shape index (κ3) is 4.48. The summed E-state index contributed by atoms with van der Waals surface area (Å²) < 4.78 is 1.59. The Hall–Kier alpha value is -2.58. The molecule has 1 amide bonds. The van der Waals surface area contributed by atoms with Crippen LogP contribution in [0.2, 0.25) is 0 Å². The van der Waals surface area contributed by atoms with Crippen molar-refractivity contribution in [2.24, 2.45) is 7.05 Å². The van der Waals surface area contributed by atoms with Crippen molar-refractivity contribution < 1.29 is 9.90 Å². The topological polar surface area (TPSA) is 67.2 Å². The highest BCUT2D eigenvalue weighted by Gasteiger charge is 2.06. The van der Waals surface area contributed by atoms with E-state index >= 15 is 0 Å². The van der Waals surface area contributed by atoms with Gasteiger partial charge in [0.15, 0.2) is 0 Å². The lowest BCUT2D eigenvalue weighted by atomic mass is 10.1. The van der Waals surface area contributed by atoms with Crippen LogP contribution in [-0.4, -0.2) is 27.4 Å². The number of nitrogens with zero attached hydrogens (tertiary/aromatic N) is 2. The Balaban J connectivity index is 1.89. The highest BCUT2D eigenvalue weighted by atomic mass is 16.2. The van der Waals surface area contributed by atoms with E-state index in [1.54, 1.807) is 17.9 Å². The van der Waals surface area contributed by atoms with E-state index in [2.05, 4.69) is 22.3 Å². The highest BCUT2D eigenvalue weighted by Crippen LogP contribution is 2.04. The molecule has 1 aromatic heterocycles. The molecule has 21 heavy (non-hydrogen) atoms. The van der Waals surface area contributed by atoms with Crippen LogP contribution in [0.15, 0.2) is 36.7 Å². The van der Waals surface area contributed by atoms with Gasteiger partial charge in [-0.15, -0.1) is 0 Å². The van der Waals surface area contributed by atoms with Crippen LogP contribution in [0, 0.1) is 11.8 Å². The number of nitrogens with one attached hydrogen (secondary N) is 1. The van der Waals surface area contributed by atoms with Gasteiger partial charge in [-0.3, -0.25) is 9.48 Å². The van der Waals surface area contributed by atoms with Crippen LogP contribution in [0.5, 0.6) is 0 Å². The molecule has 0 aliphatic carbocycles. The summed E-state index contributed by atoms with van der Waals surface area (Å²) in [7, 11) is 1.77. The number of aliphatic hydroxyl groups excluding tert-OH is 1. The van der Waals surface area contributed by atoms with Crippen LogP contribution in [0.1, 0.15) is 27.9 Å². The molecule has 1 aromatic carbocycles. The molecule has 0 atom stereocenters. The monoisotopic (exact) mass is 283 g/mol. The fraction of sp³-hybridized carbons (Fsp3) is 0.250. The van der Waals surface area contributed by atoms with Crippen LogP contribution in [0.4, 0.5) is 0 Å². The van der Waals surface area contributed by atoms with Crippen LogP contribution in [0.3, 0.4) is 0 Å². The minimum absolute atomic E-state index is 0.0749. The van der Waals surface area contributed by atoms with E-state index in [9.17, 15) is 4.79 Å². The van der Waals surface area contributed by atoms with E-state index < -0.39 is 0 Å².